The van der Waals surface area contributed by atoms with Crippen molar-refractivity contribution in [2.75, 3.05) is 23.3 Å². The van der Waals surface area contributed by atoms with Crippen LogP contribution in [-0.2, 0) is 28.6 Å². The zero-order valence-electron chi connectivity index (χ0n) is 23.0. The molecule has 0 spiro atoms. The molecular weight excluding hydrogens is 552 g/mol. The molecule has 2 aliphatic rings. The molecule has 3 heterocycles. The lowest BCUT2D eigenvalue weighted by Crippen LogP contribution is -2.34. The van der Waals surface area contributed by atoms with Gasteiger partial charge in [0, 0.05) is 62.1 Å². The number of amides is 1. The van der Waals surface area contributed by atoms with Crippen LogP contribution in [0, 0.1) is 5.92 Å². The fourth-order valence-electron chi connectivity index (χ4n) is 4.82. The molecule has 2 fully saturated rings. The molecule has 1 saturated heterocycles. The number of ketones is 1. The molecule has 0 bridgehead atoms. The van der Waals surface area contributed by atoms with E-state index in [1.807, 2.05) is 0 Å². The van der Waals surface area contributed by atoms with Crippen molar-refractivity contribution in [1.29, 1.82) is 0 Å². The predicted molar refractivity (Wildman–Crippen MR) is 149 cm³/mol. The number of anilines is 2. The lowest BCUT2D eigenvalue weighted by molar-refractivity contribution is -0.137. The summed E-state index contributed by atoms with van der Waals surface area (Å²) >= 11 is 0. The molecule has 11 heteroatoms. The number of hydrogen-bond donors (Lipinski definition) is 1. The van der Waals surface area contributed by atoms with Crippen LogP contribution in [-0.4, -0.2) is 40.9 Å². The summed E-state index contributed by atoms with van der Waals surface area (Å²) in [7, 11) is 0. The van der Waals surface area contributed by atoms with Gasteiger partial charge in [-0.25, -0.2) is 14.4 Å². The molecule has 0 atom stereocenters. The first-order valence-electron chi connectivity index (χ1n) is 14.1. The minimum absolute atomic E-state index is 0.0499. The topological polar surface area (TPSA) is 84.4 Å². The van der Waals surface area contributed by atoms with Crippen molar-refractivity contribution in [2.24, 2.45) is 5.92 Å². The molecule has 1 N–H and O–H groups in total. The quantitative estimate of drug-likeness (QED) is 0.252. The number of nitrogens with one attached hydrogen (secondary N) is 1. The Morgan fingerprint density at radius 1 is 0.929 bits per heavy atom. The van der Waals surface area contributed by atoms with E-state index < -0.39 is 17.9 Å². The zero-order valence-corrected chi connectivity index (χ0v) is 23.0. The predicted octanol–water partition coefficient (Wildman–Crippen LogP) is 6.71. The van der Waals surface area contributed by atoms with Crippen molar-refractivity contribution < 1.29 is 31.9 Å². The first-order chi connectivity index (χ1) is 20.1. The maximum Gasteiger partial charge on any atom is 0.416 e. The highest BCUT2D eigenvalue weighted by atomic mass is 19.4. The molecule has 0 unspecified atom stereocenters. The molecule has 1 amide bonds. The summed E-state index contributed by atoms with van der Waals surface area (Å²) in [6.45, 7) is 0.724. The number of pyridine rings is 2. The minimum atomic E-state index is -4.51. The highest BCUT2D eigenvalue weighted by molar-refractivity contribution is 5.93. The molecule has 5 rings (SSSR count). The number of nitrogens with zero attached hydrogens (tertiary/aromatic N) is 3. The van der Waals surface area contributed by atoms with Crippen LogP contribution in [0.15, 0.2) is 54.9 Å². The number of halogens is 4. The number of piperidine rings is 1. The molecule has 222 valence electrons. The number of aryl methyl sites for hydroxylation is 2. The lowest BCUT2D eigenvalue weighted by Gasteiger charge is -2.31. The molecule has 1 saturated carbocycles. The third-order valence-corrected chi connectivity index (χ3v) is 7.43. The van der Waals surface area contributed by atoms with Crippen molar-refractivity contribution >= 4 is 23.2 Å². The Balaban J connectivity index is 1.12. The minimum Gasteiger partial charge on any atom is -0.439 e. The average Bonchev–Trinajstić information content (AvgIpc) is 3.82. The second-order valence-corrected chi connectivity index (χ2v) is 10.8. The van der Waals surface area contributed by atoms with Gasteiger partial charge in [-0.15, -0.1) is 0 Å². The Morgan fingerprint density at radius 3 is 2.33 bits per heavy atom. The van der Waals surface area contributed by atoms with Crippen LogP contribution >= 0.6 is 0 Å². The normalized spacial score (nSPS) is 15.9. The number of aromatic nitrogens is 2. The number of carbonyl (C=O) groups excluding carboxylic acids is 2. The monoisotopic (exact) mass is 584 g/mol. The fourth-order valence-corrected chi connectivity index (χ4v) is 4.82. The summed E-state index contributed by atoms with van der Waals surface area (Å²) in [4.78, 5) is 34.8. The fraction of sp³-hybridized carbons (Fsp3) is 0.419. The molecule has 1 aliphatic heterocycles. The molecule has 1 aromatic carbocycles. The van der Waals surface area contributed by atoms with E-state index in [0.717, 1.165) is 30.5 Å². The third-order valence-electron chi connectivity index (χ3n) is 7.43. The van der Waals surface area contributed by atoms with Crippen LogP contribution in [0.4, 0.5) is 29.1 Å². The Kier molecular flexibility index (Phi) is 9.03. The maximum atomic E-state index is 13.5. The van der Waals surface area contributed by atoms with Crippen LogP contribution in [0.1, 0.15) is 55.2 Å². The number of ether oxygens (including phenoxy) is 1. The van der Waals surface area contributed by atoms with Crippen LogP contribution in [0.3, 0.4) is 0 Å². The highest BCUT2D eigenvalue weighted by Gasteiger charge is 2.32. The van der Waals surface area contributed by atoms with Crippen molar-refractivity contribution in [2.45, 2.75) is 63.7 Å². The van der Waals surface area contributed by atoms with Crippen molar-refractivity contribution in [1.82, 2.24) is 9.97 Å². The van der Waals surface area contributed by atoms with Gasteiger partial charge in [-0.05, 0) is 73.9 Å². The van der Waals surface area contributed by atoms with Crippen molar-refractivity contribution in [3.05, 3.63) is 71.5 Å². The van der Waals surface area contributed by atoms with E-state index in [9.17, 15) is 27.2 Å². The van der Waals surface area contributed by atoms with Gasteiger partial charge >= 0.3 is 6.18 Å². The van der Waals surface area contributed by atoms with Gasteiger partial charge in [0.1, 0.15) is 23.5 Å². The van der Waals surface area contributed by atoms with E-state index in [4.69, 9.17) is 4.74 Å². The average molecular weight is 585 g/mol. The van der Waals surface area contributed by atoms with Gasteiger partial charge in [-0.3, -0.25) is 9.59 Å². The molecule has 3 aromatic rings. The Hall–Kier alpha value is -4.02. The van der Waals surface area contributed by atoms with Gasteiger partial charge in [0.05, 0.1) is 5.56 Å². The van der Waals surface area contributed by atoms with E-state index in [2.05, 4.69) is 15.3 Å². The Morgan fingerprint density at radius 2 is 1.67 bits per heavy atom. The van der Waals surface area contributed by atoms with Gasteiger partial charge < -0.3 is 15.0 Å². The molecule has 2 aromatic heterocycles. The molecule has 42 heavy (non-hydrogen) atoms. The van der Waals surface area contributed by atoms with Crippen molar-refractivity contribution in [3.63, 3.8) is 0 Å². The van der Waals surface area contributed by atoms with E-state index in [1.165, 1.54) is 6.20 Å². The van der Waals surface area contributed by atoms with Gasteiger partial charge in [0.2, 0.25) is 11.8 Å². The molecule has 7 nitrogen and oxygen atoms in total. The summed E-state index contributed by atoms with van der Waals surface area (Å²) in [6, 6.07) is 10.6. The van der Waals surface area contributed by atoms with Crippen LogP contribution in [0.2, 0.25) is 0 Å². The maximum absolute atomic E-state index is 13.5. The second-order valence-electron chi connectivity index (χ2n) is 10.8. The highest BCUT2D eigenvalue weighted by Crippen LogP contribution is 2.34. The van der Waals surface area contributed by atoms with E-state index >= 15 is 0 Å². The standard InChI is InChI=1S/C31H32F4N4O3/c32-24-10-13-39(14-11-24)25-16-21(15-23(17-25)31(33,34)35)2-7-26(40)6-1-20-3-8-29(37-19-20)42-27-9-12-36-28(18-27)38-30(41)22-4-5-22/h3,8-9,12,15-19,22,24H,1-2,4-7,10-11,13-14H2,(H,36,38,41). The second kappa shape index (κ2) is 12.9. The van der Waals surface area contributed by atoms with Crippen molar-refractivity contribution in [3.8, 4) is 11.6 Å². The summed E-state index contributed by atoms with van der Waals surface area (Å²) in [5, 5.41) is 2.77. The van der Waals surface area contributed by atoms with Gasteiger partial charge in [-0.2, -0.15) is 13.2 Å². The Labute approximate surface area is 241 Å². The number of Topliss-reactive ketones (excluding diaryl/α,β-unsaturated/α-hetero) is 1. The molecule has 0 radical (unpaired) electrons. The first kappa shape index (κ1) is 29.5. The number of carbonyl (C=O) groups is 2. The number of hydrogen-bond acceptors (Lipinski definition) is 6. The van der Waals surface area contributed by atoms with Gasteiger partial charge in [0.15, 0.2) is 0 Å². The Bertz CT molecular complexity index is 1400. The lowest BCUT2D eigenvalue weighted by atomic mass is 9.99. The van der Waals surface area contributed by atoms with Gasteiger partial charge in [-0.1, -0.05) is 6.07 Å². The van der Waals surface area contributed by atoms with E-state index in [0.29, 0.717) is 48.2 Å². The van der Waals surface area contributed by atoms with E-state index in [-0.39, 0.29) is 49.7 Å². The smallest absolute Gasteiger partial charge is 0.416 e. The zero-order chi connectivity index (χ0) is 29.7. The largest absolute Gasteiger partial charge is 0.439 e. The third kappa shape index (κ3) is 8.27. The van der Waals surface area contributed by atoms with Crippen LogP contribution in [0.5, 0.6) is 11.6 Å². The van der Waals surface area contributed by atoms with Crippen LogP contribution < -0.4 is 15.0 Å². The summed E-state index contributed by atoms with van der Waals surface area (Å²) in [6.07, 6.45) is 1.04. The SMILES string of the molecule is O=C(CCc1ccc(Oc2ccnc(NC(=O)C3CC3)c2)nc1)CCc1cc(N2CCC(F)CC2)cc(C(F)(F)F)c1. The van der Waals surface area contributed by atoms with E-state index in [1.54, 1.807) is 41.4 Å². The summed E-state index contributed by atoms with van der Waals surface area (Å²) in [5.74, 6) is 1.16. The number of benzene rings is 1. The number of alkyl halides is 4. The summed E-state index contributed by atoms with van der Waals surface area (Å²) < 4.78 is 59.9. The van der Waals surface area contributed by atoms with Crippen LogP contribution in [0.25, 0.3) is 0 Å². The molecular formula is C31H32F4N4O3. The first-order valence-corrected chi connectivity index (χ1v) is 14.1. The summed E-state index contributed by atoms with van der Waals surface area (Å²) in [5.41, 5.74) is 0.910. The number of rotatable bonds is 11. The van der Waals surface area contributed by atoms with Gasteiger partial charge in [0.25, 0.3) is 0 Å². The molecule has 1 aliphatic carbocycles.